The van der Waals surface area contributed by atoms with Crippen LogP contribution < -0.4 is 0 Å². The lowest BCUT2D eigenvalue weighted by Gasteiger charge is -2.21. The maximum absolute atomic E-state index is 11.3. The average molecular weight is 258 g/mol. The van der Waals surface area contributed by atoms with E-state index in [9.17, 15) is 15.0 Å². The molecule has 98 valence electrons. The van der Waals surface area contributed by atoms with Crippen molar-refractivity contribution in [2.24, 2.45) is 0 Å². The maximum Gasteiger partial charge on any atom is 0.336 e. The number of benzene rings is 1. The van der Waals surface area contributed by atoms with Crippen LogP contribution in [0.5, 0.6) is 0 Å². The predicted molar refractivity (Wildman–Crippen MR) is 69.0 cm³/mol. The van der Waals surface area contributed by atoms with Gasteiger partial charge in [0.15, 0.2) is 0 Å². The van der Waals surface area contributed by atoms with E-state index in [1.54, 1.807) is 30.5 Å². The molecule has 1 unspecified atom stereocenters. The molecular formula is C14H14N2O3. The van der Waals surface area contributed by atoms with Crippen LogP contribution in [0.25, 0.3) is 11.4 Å². The molecule has 2 N–H and O–H groups in total. The van der Waals surface area contributed by atoms with Crippen molar-refractivity contribution >= 4 is 5.97 Å². The van der Waals surface area contributed by atoms with E-state index >= 15 is 0 Å². The number of nitrogens with zero attached hydrogens (tertiary/aromatic N) is 2. The SMILES string of the molecule is O=C(O)c1ccccc1-c1ncc2n1CCC(O)C2. The van der Waals surface area contributed by atoms with Crippen LogP contribution in [0, 0.1) is 0 Å². The molecule has 2 heterocycles. The number of aliphatic hydroxyl groups is 1. The number of aromatic nitrogens is 2. The van der Waals surface area contributed by atoms with Gasteiger partial charge in [-0.2, -0.15) is 0 Å². The Morgan fingerprint density at radius 2 is 2.16 bits per heavy atom. The van der Waals surface area contributed by atoms with Crippen LogP contribution in [-0.2, 0) is 13.0 Å². The largest absolute Gasteiger partial charge is 0.478 e. The van der Waals surface area contributed by atoms with Crippen LogP contribution in [-0.4, -0.2) is 31.8 Å². The molecule has 19 heavy (non-hydrogen) atoms. The highest BCUT2D eigenvalue weighted by Gasteiger charge is 2.22. The molecule has 0 radical (unpaired) electrons. The van der Waals surface area contributed by atoms with Gasteiger partial charge in [0.1, 0.15) is 5.82 Å². The Hall–Kier alpha value is -2.14. The number of carboxylic acids is 1. The summed E-state index contributed by atoms with van der Waals surface area (Å²) in [6.07, 6.45) is 2.64. The Bertz CT molecular complexity index is 633. The molecule has 0 aliphatic carbocycles. The normalized spacial score (nSPS) is 18.1. The van der Waals surface area contributed by atoms with Gasteiger partial charge in [0, 0.05) is 30.4 Å². The van der Waals surface area contributed by atoms with Gasteiger partial charge < -0.3 is 14.8 Å². The molecule has 1 aliphatic rings. The first-order valence-corrected chi connectivity index (χ1v) is 6.22. The van der Waals surface area contributed by atoms with Crippen molar-refractivity contribution in [3.8, 4) is 11.4 Å². The van der Waals surface area contributed by atoms with E-state index in [2.05, 4.69) is 4.98 Å². The van der Waals surface area contributed by atoms with Gasteiger partial charge in [0.2, 0.25) is 0 Å². The number of hydrogen-bond donors (Lipinski definition) is 2. The fourth-order valence-electron chi connectivity index (χ4n) is 2.52. The molecular weight excluding hydrogens is 244 g/mol. The Balaban J connectivity index is 2.11. The number of aromatic carboxylic acids is 1. The molecule has 3 rings (SSSR count). The van der Waals surface area contributed by atoms with E-state index in [4.69, 9.17) is 0 Å². The van der Waals surface area contributed by atoms with Crippen molar-refractivity contribution in [1.82, 2.24) is 9.55 Å². The van der Waals surface area contributed by atoms with E-state index in [0.717, 1.165) is 5.69 Å². The second-order valence-electron chi connectivity index (χ2n) is 4.72. The van der Waals surface area contributed by atoms with Crippen LogP contribution >= 0.6 is 0 Å². The Kier molecular flexibility index (Phi) is 2.83. The van der Waals surface area contributed by atoms with E-state index in [0.29, 0.717) is 30.8 Å². The third kappa shape index (κ3) is 2.02. The number of carbonyl (C=O) groups is 1. The lowest BCUT2D eigenvalue weighted by molar-refractivity contribution is 0.0697. The van der Waals surface area contributed by atoms with Gasteiger partial charge in [-0.05, 0) is 12.5 Å². The fraction of sp³-hybridized carbons (Fsp3) is 0.286. The predicted octanol–water partition coefficient (Wildman–Crippen LogP) is 1.56. The van der Waals surface area contributed by atoms with Gasteiger partial charge in [-0.25, -0.2) is 9.78 Å². The van der Waals surface area contributed by atoms with Crippen molar-refractivity contribution in [3.63, 3.8) is 0 Å². The summed E-state index contributed by atoms with van der Waals surface area (Å²) in [6.45, 7) is 0.666. The number of fused-ring (bicyclic) bond motifs is 1. The molecule has 1 atom stereocenters. The molecule has 0 bridgehead atoms. The monoisotopic (exact) mass is 258 g/mol. The fourth-order valence-corrected chi connectivity index (χ4v) is 2.52. The first-order chi connectivity index (χ1) is 9.16. The minimum absolute atomic E-state index is 0.252. The van der Waals surface area contributed by atoms with Crippen LogP contribution in [0.2, 0.25) is 0 Å². The van der Waals surface area contributed by atoms with E-state index < -0.39 is 5.97 Å². The highest BCUT2D eigenvalue weighted by molar-refractivity contribution is 5.95. The summed E-state index contributed by atoms with van der Waals surface area (Å²) in [4.78, 5) is 15.6. The zero-order chi connectivity index (χ0) is 13.4. The molecule has 1 aliphatic heterocycles. The van der Waals surface area contributed by atoms with Crippen molar-refractivity contribution in [2.45, 2.75) is 25.5 Å². The van der Waals surface area contributed by atoms with E-state index in [1.807, 2.05) is 4.57 Å². The van der Waals surface area contributed by atoms with Crippen LogP contribution in [0.3, 0.4) is 0 Å². The first kappa shape index (κ1) is 11.9. The molecule has 1 aromatic heterocycles. The number of imidazole rings is 1. The summed E-state index contributed by atoms with van der Waals surface area (Å²) < 4.78 is 1.99. The maximum atomic E-state index is 11.3. The summed E-state index contributed by atoms with van der Waals surface area (Å²) in [7, 11) is 0. The molecule has 0 fully saturated rings. The molecule has 0 amide bonds. The van der Waals surface area contributed by atoms with Gasteiger partial charge in [-0.1, -0.05) is 18.2 Å². The summed E-state index contributed by atoms with van der Waals surface area (Å²) in [5.41, 5.74) is 1.83. The Morgan fingerprint density at radius 1 is 1.37 bits per heavy atom. The topological polar surface area (TPSA) is 75.3 Å². The number of hydrogen-bond acceptors (Lipinski definition) is 3. The highest BCUT2D eigenvalue weighted by atomic mass is 16.4. The van der Waals surface area contributed by atoms with Gasteiger partial charge in [-0.15, -0.1) is 0 Å². The van der Waals surface area contributed by atoms with Gasteiger partial charge in [0.25, 0.3) is 0 Å². The molecule has 0 spiro atoms. The molecule has 5 heteroatoms. The van der Waals surface area contributed by atoms with E-state index in [-0.39, 0.29) is 11.7 Å². The minimum atomic E-state index is -0.955. The molecule has 1 aromatic carbocycles. The third-order valence-electron chi connectivity index (χ3n) is 3.47. The summed E-state index contributed by atoms with van der Waals surface area (Å²) >= 11 is 0. The first-order valence-electron chi connectivity index (χ1n) is 6.22. The zero-order valence-corrected chi connectivity index (χ0v) is 10.3. The van der Waals surface area contributed by atoms with Crippen LogP contribution in [0.15, 0.2) is 30.5 Å². The van der Waals surface area contributed by atoms with Crippen molar-refractivity contribution in [3.05, 3.63) is 41.7 Å². The third-order valence-corrected chi connectivity index (χ3v) is 3.47. The second-order valence-corrected chi connectivity index (χ2v) is 4.72. The molecule has 2 aromatic rings. The van der Waals surface area contributed by atoms with Crippen molar-refractivity contribution in [1.29, 1.82) is 0 Å². The van der Waals surface area contributed by atoms with Crippen molar-refractivity contribution in [2.75, 3.05) is 0 Å². The smallest absolute Gasteiger partial charge is 0.336 e. The number of rotatable bonds is 2. The van der Waals surface area contributed by atoms with E-state index in [1.165, 1.54) is 0 Å². The molecule has 5 nitrogen and oxygen atoms in total. The summed E-state index contributed by atoms with van der Waals surface area (Å²) in [6, 6.07) is 6.86. The lowest BCUT2D eigenvalue weighted by atomic mass is 10.0. The highest BCUT2D eigenvalue weighted by Crippen LogP contribution is 2.27. The minimum Gasteiger partial charge on any atom is -0.478 e. The molecule has 0 saturated carbocycles. The lowest BCUT2D eigenvalue weighted by Crippen LogP contribution is -2.23. The quantitative estimate of drug-likeness (QED) is 0.857. The summed E-state index contributed by atoms with van der Waals surface area (Å²) in [5.74, 6) is -0.288. The second kappa shape index (κ2) is 4.51. The van der Waals surface area contributed by atoms with Gasteiger partial charge in [-0.3, -0.25) is 0 Å². The molecule has 0 saturated heterocycles. The summed E-state index contributed by atoms with van der Waals surface area (Å²) in [5, 5.41) is 18.9. The Labute approximate surface area is 110 Å². The Morgan fingerprint density at radius 3 is 2.95 bits per heavy atom. The van der Waals surface area contributed by atoms with Crippen LogP contribution in [0.1, 0.15) is 22.5 Å². The van der Waals surface area contributed by atoms with Gasteiger partial charge >= 0.3 is 5.97 Å². The average Bonchev–Trinajstić information content (AvgIpc) is 2.81. The zero-order valence-electron chi connectivity index (χ0n) is 10.3. The standard InChI is InChI=1S/C14H14N2O3/c17-10-5-6-16-9(7-10)8-15-13(16)11-3-1-2-4-12(11)14(18)19/h1-4,8,10,17H,5-7H2,(H,18,19). The van der Waals surface area contributed by atoms with Crippen LogP contribution in [0.4, 0.5) is 0 Å². The number of carboxylic acid groups (broad SMARTS) is 1. The number of aliphatic hydroxyl groups excluding tert-OH is 1. The van der Waals surface area contributed by atoms with Crippen molar-refractivity contribution < 1.29 is 15.0 Å². The van der Waals surface area contributed by atoms with Gasteiger partial charge in [0.05, 0.1) is 11.7 Å².